The minimum absolute atomic E-state index is 0.0581. The maximum atomic E-state index is 13.2. The lowest BCUT2D eigenvalue weighted by atomic mass is 10.3. The maximum absolute atomic E-state index is 13.2. The van der Waals surface area contributed by atoms with E-state index in [1.165, 1.54) is 10.7 Å². The Bertz CT molecular complexity index is 1180. The molecule has 160 valence electrons. The molecule has 10 nitrogen and oxygen atoms in total. The molecule has 3 aromatic heterocycles. The van der Waals surface area contributed by atoms with Gasteiger partial charge in [-0.2, -0.15) is 9.61 Å². The largest absolute Gasteiger partial charge is 0.373 e. The van der Waals surface area contributed by atoms with Gasteiger partial charge in [-0.05, 0) is 18.6 Å². The summed E-state index contributed by atoms with van der Waals surface area (Å²) < 4.78 is 14.7. The number of nitrogens with one attached hydrogen (secondary N) is 3. The average molecular weight is 424 g/mol. The zero-order chi connectivity index (χ0) is 21.5. The van der Waals surface area contributed by atoms with Crippen LogP contribution in [0, 0.1) is 0 Å². The van der Waals surface area contributed by atoms with E-state index in [9.17, 15) is 14.0 Å². The normalized spacial score (nSPS) is 20.2. The molecule has 5 rings (SSSR count). The van der Waals surface area contributed by atoms with Gasteiger partial charge in [0, 0.05) is 32.5 Å². The Balaban J connectivity index is 1.45. The fourth-order valence-corrected chi connectivity index (χ4v) is 3.59. The summed E-state index contributed by atoms with van der Waals surface area (Å²) in [4.78, 5) is 35.3. The van der Waals surface area contributed by atoms with E-state index in [-0.39, 0.29) is 11.5 Å². The standard InChI is InChI=1S/C20H21FN8O2/c1-22-17-9-15(25-14-4-2-5-16(26-14)28-7-3-6-18(28)30)27-19-11(10-23-29(17)19)20(31)24-13-8-12(13)21/h2,4-5,9-10,12-13,22H,3,6-8H2,1H3,(H,24,31)(H,25,26,27)/t12-,13+/m1/s1. The zero-order valence-corrected chi connectivity index (χ0v) is 16.8. The van der Waals surface area contributed by atoms with Gasteiger partial charge >= 0.3 is 0 Å². The second kappa shape index (κ2) is 7.49. The van der Waals surface area contributed by atoms with Crippen molar-refractivity contribution in [2.45, 2.75) is 31.5 Å². The first-order chi connectivity index (χ1) is 15.0. The second-order valence-electron chi connectivity index (χ2n) is 7.56. The first-order valence-electron chi connectivity index (χ1n) is 10.1. The number of nitrogens with zero attached hydrogens (tertiary/aromatic N) is 5. The Kier molecular flexibility index (Phi) is 4.64. The fraction of sp³-hybridized carbons (Fsp3) is 0.350. The van der Waals surface area contributed by atoms with E-state index in [1.807, 2.05) is 6.07 Å². The van der Waals surface area contributed by atoms with Gasteiger partial charge in [-0.25, -0.2) is 14.4 Å². The van der Waals surface area contributed by atoms with Crippen LogP contribution in [0.5, 0.6) is 0 Å². The number of amides is 2. The number of alkyl halides is 1. The SMILES string of the molecule is CNc1cc(Nc2cccc(N3CCCC3=O)n2)nc2c(C(=O)N[C@H]3C[C@H]3F)cnn12. The summed E-state index contributed by atoms with van der Waals surface area (Å²) >= 11 is 0. The van der Waals surface area contributed by atoms with Crippen LogP contribution in [-0.4, -0.2) is 57.2 Å². The lowest BCUT2D eigenvalue weighted by molar-refractivity contribution is -0.117. The van der Waals surface area contributed by atoms with Crippen LogP contribution < -0.4 is 20.9 Å². The maximum Gasteiger partial charge on any atom is 0.257 e. The quantitative estimate of drug-likeness (QED) is 0.553. The van der Waals surface area contributed by atoms with E-state index < -0.39 is 18.1 Å². The smallest absolute Gasteiger partial charge is 0.257 e. The minimum atomic E-state index is -0.996. The Morgan fingerprint density at radius 2 is 2.10 bits per heavy atom. The lowest BCUT2D eigenvalue weighted by Crippen LogP contribution is -2.27. The molecule has 4 heterocycles. The first kappa shape index (κ1) is 19.2. The first-order valence-corrected chi connectivity index (χ1v) is 10.1. The Morgan fingerprint density at radius 3 is 2.81 bits per heavy atom. The average Bonchev–Trinajstić information content (AvgIpc) is 3.13. The Morgan fingerprint density at radius 1 is 1.26 bits per heavy atom. The molecular formula is C20H21FN8O2. The van der Waals surface area contributed by atoms with Crippen LogP contribution >= 0.6 is 0 Å². The van der Waals surface area contributed by atoms with Gasteiger partial charge in [-0.15, -0.1) is 0 Å². The molecule has 0 radical (unpaired) electrons. The van der Waals surface area contributed by atoms with E-state index in [4.69, 9.17) is 0 Å². The molecule has 1 saturated carbocycles. The molecule has 1 aliphatic heterocycles. The fourth-order valence-electron chi connectivity index (χ4n) is 3.59. The van der Waals surface area contributed by atoms with Crippen molar-refractivity contribution in [2.75, 3.05) is 29.1 Å². The molecule has 0 unspecified atom stereocenters. The van der Waals surface area contributed by atoms with Gasteiger partial charge < -0.3 is 16.0 Å². The third-order valence-corrected chi connectivity index (χ3v) is 5.34. The summed E-state index contributed by atoms with van der Waals surface area (Å²) in [7, 11) is 1.73. The van der Waals surface area contributed by atoms with Gasteiger partial charge in [0.2, 0.25) is 5.91 Å². The number of rotatable bonds is 6. The summed E-state index contributed by atoms with van der Waals surface area (Å²) in [5.41, 5.74) is 0.581. The number of pyridine rings is 1. The summed E-state index contributed by atoms with van der Waals surface area (Å²) in [6.07, 6.45) is 2.09. The predicted molar refractivity (Wildman–Crippen MR) is 112 cm³/mol. The summed E-state index contributed by atoms with van der Waals surface area (Å²) in [5, 5.41) is 13.0. The number of carbonyl (C=O) groups is 2. The van der Waals surface area contributed by atoms with Crippen LogP contribution in [0.3, 0.4) is 0 Å². The molecule has 2 amide bonds. The molecule has 1 saturated heterocycles. The van der Waals surface area contributed by atoms with Crippen molar-refractivity contribution in [1.29, 1.82) is 0 Å². The number of halogens is 1. The van der Waals surface area contributed by atoms with Crippen LogP contribution in [0.1, 0.15) is 29.6 Å². The summed E-state index contributed by atoms with van der Waals surface area (Å²) in [6, 6.07) is 6.66. The van der Waals surface area contributed by atoms with E-state index in [2.05, 4.69) is 31.0 Å². The number of hydrogen-bond donors (Lipinski definition) is 3. The molecule has 0 bridgehead atoms. The van der Waals surface area contributed by atoms with Crippen molar-refractivity contribution in [3.8, 4) is 0 Å². The molecule has 3 aromatic rings. The van der Waals surface area contributed by atoms with Crippen LogP contribution in [0.25, 0.3) is 5.65 Å². The van der Waals surface area contributed by atoms with Gasteiger partial charge in [0.1, 0.15) is 35.0 Å². The van der Waals surface area contributed by atoms with Crippen molar-refractivity contribution in [2.24, 2.45) is 0 Å². The molecular weight excluding hydrogens is 403 g/mol. The molecule has 0 spiro atoms. The van der Waals surface area contributed by atoms with Crippen molar-refractivity contribution in [3.05, 3.63) is 36.0 Å². The molecule has 1 aliphatic carbocycles. The number of aromatic nitrogens is 4. The number of fused-ring (bicyclic) bond motifs is 1. The summed E-state index contributed by atoms with van der Waals surface area (Å²) in [5.74, 6) is 1.78. The summed E-state index contributed by atoms with van der Waals surface area (Å²) in [6.45, 7) is 0.651. The Labute approximate surface area is 176 Å². The third-order valence-electron chi connectivity index (χ3n) is 5.34. The van der Waals surface area contributed by atoms with Crippen LogP contribution in [0.2, 0.25) is 0 Å². The van der Waals surface area contributed by atoms with Gasteiger partial charge in [-0.1, -0.05) is 6.07 Å². The molecule has 3 N–H and O–H groups in total. The highest BCUT2D eigenvalue weighted by Crippen LogP contribution is 2.27. The topological polar surface area (TPSA) is 117 Å². The molecule has 2 fully saturated rings. The van der Waals surface area contributed by atoms with E-state index >= 15 is 0 Å². The second-order valence-corrected chi connectivity index (χ2v) is 7.56. The van der Waals surface area contributed by atoms with Crippen LogP contribution in [0.15, 0.2) is 30.5 Å². The van der Waals surface area contributed by atoms with E-state index in [0.717, 1.165) is 6.42 Å². The molecule has 31 heavy (non-hydrogen) atoms. The van der Waals surface area contributed by atoms with E-state index in [1.54, 1.807) is 30.1 Å². The monoisotopic (exact) mass is 424 g/mol. The molecule has 2 atom stereocenters. The van der Waals surface area contributed by atoms with Gasteiger partial charge in [0.25, 0.3) is 5.91 Å². The van der Waals surface area contributed by atoms with Crippen LogP contribution in [-0.2, 0) is 4.79 Å². The van der Waals surface area contributed by atoms with Crippen molar-refractivity contribution >= 4 is 40.7 Å². The van der Waals surface area contributed by atoms with Gasteiger partial charge in [0.05, 0.1) is 12.2 Å². The predicted octanol–water partition coefficient (Wildman–Crippen LogP) is 1.88. The van der Waals surface area contributed by atoms with Crippen molar-refractivity contribution in [1.82, 2.24) is 24.9 Å². The highest BCUT2D eigenvalue weighted by molar-refractivity contribution is 6.00. The minimum Gasteiger partial charge on any atom is -0.373 e. The van der Waals surface area contributed by atoms with Gasteiger partial charge in [0.15, 0.2) is 5.65 Å². The number of hydrogen-bond acceptors (Lipinski definition) is 7. The highest BCUT2D eigenvalue weighted by Gasteiger charge is 2.39. The third kappa shape index (κ3) is 3.62. The van der Waals surface area contributed by atoms with E-state index in [0.29, 0.717) is 48.3 Å². The molecule has 0 aromatic carbocycles. The van der Waals surface area contributed by atoms with Crippen molar-refractivity contribution in [3.63, 3.8) is 0 Å². The molecule has 11 heteroatoms. The van der Waals surface area contributed by atoms with Gasteiger partial charge in [-0.3, -0.25) is 14.5 Å². The zero-order valence-electron chi connectivity index (χ0n) is 16.8. The van der Waals surface area contributed by atoms with Crippen molar-refractivity contribution < 1.29 is 14.0 Å². The number of anilines is 4. The Hall–Kier alpha value is -3.76. The van der Waals surface area contributed by atoms with Crippen LogP contribution in [0.4, 0.5) is 27.7 Å². The molecule has 2 aliphatic rings. The highest BCUT2D eigenvalue weighted by atomic mass is 19.1. The number of carbonyl (C=O) groups excluding carboxylic acids is 2. The lowest BCUT2D eigenvalue weighted by Gasteiger charge is -2.16.